The van der Waals surface area contributed by atoms with Crippen LogP contribution in [-0.4, -0.2) is 5.78 Å². The van der Waals surface area contributed by atoms with E-state index in [1.165, 1.54) is 11.1 Å². The van der Waals surface area contributed by atoms with Gasteiger partial charge in [0.1, 0.15) is 0 Å². The lowest BCUT2D eigenvalue weighted by molar-refractivity contribution is 0.0968. The van der Waals surface area contributed by atoms with E-state index in [0.29, 0.717) is 11.7 Å². The first-order chi connectivity index (χ1) is 6.20. The van der Waals surface area contributed by atoms with Crippen LogP contribution in [0.2, 0.25) is 0 Å². The van der Waals surface area contributed by atoms with Gasteiger partial charge in [-0.25, -0.2) is 0 Å². The predicted octanol–water partition coefficient (Wildman–Crippen LogP) is 3.08. The van der Waals surface area contributed by atoms with Gasteiger partial charge in [0, 0.05) is 12.0 Å². The SMILES string of the molecule is Cc1cccc2c1[C@@H](C)CCC2=O. The summed E-state index contributed by atoms with van der Waals surface area (Å²) in [5, 5.41) is 0. The van der Waals surface area contributed by atoms with Gasteiger partial charge in [0.15, 0.2) is 5.78 Å². The summed E-state index contributed by atoms with van der Waals surface area (Å²) in [7, 11) is 0. The molecule has 2 rings (SSSR count). The molecule has 0 heterocycles. The second-order valence-corrected chi connectivity index (χ2v) is 3.90. The van der Waals surface area contributed by atoms with E-state index in [4.69, 9.17) is 0 Å². The van der Waals surface area contributed by atoms with Crippen molar-refractivity contribution < 1.29 is 4.79 Å². The van der Waals surface area contributed by atoms with E-state index in [2.05, 4.69) is 19.9 Å². The van der Waals surface area contributed by atoms with E-state index in [1.54, 1.807) is 0 Å². The highest BCUT2D eigenvalue weighted by atomic mass is 16.1. The molecular weight excluding hydrogens is 160 g/mol. The zero-order valence-electron chi connectivity index (χ0n) is 8.13. The number of hydrogen-bond donors (Lipinski definition) is 0. The van der Waals surface area contributed by atoms with Crippen molar-refractivity contribution in [2.24, 2.45) is 0 Å². The number of carbonyl (C=O) groups excluding carboxylic acids is 1. The number of fused-ring (bicyclic) bond motifs is 1. The summed E-state index contributed by atoms with van der Waals surface area (Å²) < 4.78 is 0. The molecule has 1 aliphatic carbocycles. The van der Waals surface area contributed by atoms with Gasteiger partial charge in [-0.2, -0.15) is 0 Å². The minimum atomic E-state index is 0.316. The third-order valence-corrected chi connectivity index (χ3v) is 2.92. The zero-order chi connectivity index (χ0) is 9.42. The lowest BCUT2D eigenvalue weighted by Crippen LogP contribution is -2.14. The molecule has 1 heteroatoms. The molecule has 1 aliphatic rings. The lowest BCUT2D eigenvalue weighted by Gasteiger charge is -2.23. The molecule has 1 aromatic rings. The molecule has 0 unspecified atom stereocenters. The Labute approximate surface area is 78.8 Å². The molecule has 1 atom stereocenters. The van der Waals surface area contributed by atoms with E-state index >= 15 is 0 Å². The van der Waals surface area contributed by atoms with Crippen molar-refractivity contribution in [3.05, 3.63) is 34.9 Å². The molecule has 0 amide bonds. The molecule has 0 saturated heterocycles. The van der Waals surface area contributed by atoms with Gasteiger partial charge in [0.05, 0.1) is 0 Å². The van der Waals surface area contributed by atoms with E-state index in [0.717, 1.165) is 18.4 Å². The first kappa shape index (κ1) is 8.49. The molecule has 0 bridgehead atoms. The quantitative estimate of drug-likeness (QED) is 0.590. The topological polar surface area (TPSA) is 17.1 Å². The molecule has 13 heavy (non-hydrogen) atoms. The minimum Gasteiger partial charge on any atom is -0.294 e. The van der Waals surface area contributed by atoms with E-state index in [1.807, 2.05) is 12.1 Å². The highest BCUT2D eigenvalue weighted by Gasteiger charge is 2.23. The highest BCUT2D eigenvalue weighted by Crippen LogP contribution is 2.33. The normalized spacial score (nSPS) is 21.4. The van der Waals surface area contributed by atoms with Crippen LogP contribution in [0, 0.1) is 6.92 Å². The zero-order valence-corrected chi connectivity index (χ0v) is 8.13. The Morgan fingerprint density at radius 3 is 2.85 bits per heavy atom. The van der Waals surface area contributed by atoms with Crippen molar-refractivity contribution >= 4 is 5.78 Å². The summed E-state index contributed by atoms with van der Waals surface area (Å²) in [6, 6.07) is 6.03. The van der Waals surface area contributed by atoms with E-state index in [9.17, 15) is 4.79 Å². The van der Waals surface area contributed by atoms with Gasteiger partial charge in [0.25, 0.3) is 0 Å². The Hall–Kier alpha value is -1.11. The number of rotatable bonds is 0. The van der Waals surface area contributed by atoms with Crippen molar-refractivity contribution in [2.45, 2.75) is 32.6 Å². The Morgan fingerprint density at radius 2 is 2.15 bits per heavy atom. The first-order valence-corrected chi connectivity index (χ1v) is 4.83. The maximum Gasteiger partial charge on any atom is 0.163 e. The fraction of sp³-hybridized carbons (Fsp3) is 0.417. The van der Waals surface area contributed by atoms with Crippen molar-refractivity contribution in [2.75, 3.05) is 0 Å². The van der Waals surface area contributed by atoms with Crippen molar-refractivity contribution in [1.82, 2.24) is 0 Å². The summed E-state index contributed by atoms with van der Waals surface area (Å²) in [5.74, 6) is 0.866. The highest BCUT2D eigenvalue weighted by molar-refractivity contribution is 5.99. The second-order valence-electron chi connectivity index (χ2n) is 3.90. The molecule has 0 radical (unpaired) electrons. The number of aryl methyl sites for hydroxylation is 1. The molecule has 0 N–H and O–H groups in total. The Morgan fingerprint density at radius 1 is 1.38 bits per heavy atom. The van der Waals surface area contributed by atoms with Crippen LogP contribution in [0.3, 0.4) is 0 Å². The monoisotopic (exact) mass is 174 g/mol. The van der Waals surface area contributed by atoms with E-state index in [-0.39, 0.29) is 0 Å². The van der Waals surface area contributed by atoms with Crippen molar-refractivity contribution in [1.29, 1.82) is 0 Å². The Bertz CT molecular complexity index is 352. The van der Waals surface area contributed by atoms with Gasteiger partial charge in [0.2, 0.25) is 0 Å². The summed E-state index contributed by atoms with van der Waals surface area (Å²) >= 11 is 0. The van der Waals surface area contributed by atoms with Crippen LogP contribution in [0.4, 0.5) is 0 Å². The average Bonchev–Trinajstić information content (AvgIpc) is 2.12. The number of hydrogen-bond acceptors (Lipinski definition) is 1. The van der Waals surface area contributed by atoms with Crippen LogP contribution in [-0.2, 0) is 0 Å². The van der Waals surface area contributed by atoms with E-state index < -0.39 is 0 Å². The van der Waals surface area contributed by atoms with Crippen LogP contribution in [0.5, 0.6) is 0 Å². The maximum atomic E-state index is 11.6. The summed E-state index contributed by atoms with van der Waals surface area (Å²) in [6.45, 7) is 4.30. The number of Topliss-reactive ketones (excluding diaryl/α,β-unsaturated/α-hetero) is 1. The first-order valence-electron chi connectivity index (χ1n) is 4.83. The van der Waals surface area contributed by atoms with Crippen molar-refractivity contribution in [3.8, 4) is 0 Å². The van der Waals surface area contributed by atoms with Crippen LogP contribution in [0.15, 0.2) is 18.2 Å². The van der Waals surface area contributed by atoms with Gasteiger partial charge in [-0.3, -0.25) is 4.79 Å². The average molecular weight is 174 g/mol. The fourth-order valence-electron chi connectivity index (χ4n) is 2.20. The minimum absolute atomic E-state index is 0.316. The Balaban J connectivity index is 2.63. The predicted molar refractivity (Wildman–Crippen MR) is 53.2 cm³/mol. The molecule has 0 saturated carbocycles. The Kier molecular flexibility index (Phi) is 1.95. The lowest BCUT2D eigenvalue weighted by atomic mass is 9.81. The van der Waals surface area contributed by atoms with Crippen LogP contribution in [0.1, 0.15) is 47.2 Å². The van der Waals surface area contributed by atoms with Gasteiger partial charge >= 0.3 is 0 Å². The second kappa shape index (κ2) is 2.99. The van der Waals surface area contributed by atoms with Crippen LogP contribution in [0.25, 0.3) is 0 Å². The van der Waals surface area contributed by atoms with Gasteiger partial charge in [-0.15, -0.1) is 0 Å². The summed E-state index contributed by atoms with van der Waals surface area (Å²) in [4.78, 5) is 11.6. The largest absolute Gasteiger partial charge is 0.294 e. The molecule has 0 fully saturated rings. The maximum absolute atomic E-state index is 11.6. The number of carbonyl (C=O) groups is 1. The third kappa shape index (κ3) is 1.28. The standard InChI is InChI=1S/C12H14O/c1-8-4-3-5-10-11(13)7-6-9(2)12(8)10/h3-5,9H,6-7H2,1-2H3/t9-/m0/s1. The molecule has 0 aliphatic heterocycles. The van der Waals surface area contributed by atoms with Gasteiger partial charge in [-0.05, 0) is 30.4 Å². The molecule has 0 aromatic heterocycles. The molecule has 1 aromatic carbocycles. The van der Waals surface area contributed by atoms with Crippen LogP contribution < -0.4 is 0 Å². The molecule has 0 spiro atoms. The summed E-state index contributed by atoms with van der Waals surface area (Å²) in [5.41, 5.74) is 3.50. The summed E-state index contributed by atoms with van der Waals surface area (Å²) in [6.07, 6.45) is 1.73. The molecule has 1 nitrogen and oxygen atoms in total. The number of benzene rings is 1. The van der Waals surface area contributed by atoms with Gasteiger partial charge < -0.3 is 0 Å². The smallest absolute Gasteiger partial charge is 0.163 e. The van der Waals surface area contributed by atoms with Gasteiger partial charge in [-0.1, -0.05) is 25.1 Å². The molecular formula is C12H14O. The third-order valence-electron chi connectivity index (χ3n) is 2.92. The molecule has 68 valence electrons. The van der Waals surface area contributed by atoms with Crippen LogP contribution >= 0.6 is 0 Å². The number of ketones is 1. The fourth-order valence-corrected chi connectivity index (χ4v) is 2.20. The van der Waals surface area contributed by atoms with Crippen molar-refractivity contribution in [3.63, 3.8) is 0 Å².